The molecule has 0 aliphatic rings. The number of primary amides is 1. The smallest absolute Gasteiger partial charge is 0.275 e. The molecule has 0 spiro atoms. The molecule has 1 aromatic carbocycles. The number of para-hydroxylation sites is 1. The average Bonchev–Trinajstić information content (AvgIpc) is 3.05. The summed E-state index contributed by atoms with van der Waals surface area (Å²) >= 11 is 1.35. The number of hydrogen-bond acceptors (Lipinski definition) is 7. The number of aryl methyl sites for hydroxylation is 1. The number of hydrogen-bond donors (Lipinski definition) is 2. The molecule has 0 aliphatic heterocycles. The molecule has 0 saturated carbocycles. The van der Waals surface area contributed by atoms with Gasteiger partial charge in [-0.15, -0.1) is 0 Å². The van der Waals surface area contributed by atoms with Gasteiger partial charge in [0.25, 0.3) is 11.1 Å². The molecule has 1 amide bonds. The van der Waals surface area contributed by atoms with Gasteiger partial charge in [0.15, 0.2) is 0 Å². The first-order chi connectivity index (χ1) is 13.0. The lowest BCUT2D eigenvalue weighted by molar-refractivity contribution is 0.100. The Labute approximate surface area is 162 Å². The van der Waals surface area contributed by atoms with Gasteiger partial charge in [0.1, 0.15) is 17.0 Å². The van der Waals surface area contributed by atoms with Gasteiger partial charge in [0.2, 0.25) is 0 Å². The number of nitrogens with one attached hydrogen (secondary N) is 1. The Hall–Kier alpha value is -2.71. The molecule has 7 nitrogen and oxygen atoms in total. The number of aromatic nitrogens is 2. The number of thiazole rings is 1. The van der Waals surface area contributed by atoms with E-state index in [2.05, 4.69) is 22.2 Å². The van der Waals surface area contributed by atoms with Crippen LogP contribution in [0.25, 0.3) is 10.3 Å². The molecule has 8 heteroatoms. The second kappa shape index (κ2) is 8.32. The maximum absolute atomic E-state index is 11.9. The molecule has 142 valence electrons. The fourth-order valence-electron chi connectivity index (χ4n) is 2.63. The number of fused-ring (bicyclic) bond motifs is 1. The second-order valence-corrected chi connectivity index (χ2v) is 7.27. The first-order valence-corrected chi connectivity index (χ1v) is 9.53. The zero-order chi connectivity index (χ0) is 19.4. The Balaban J connectivity index is 2.01. The minimum atomic E-state index is -0.552. The monoisotopic (exact) mass is 385 g/mol. The number of nitrogens with two attached hydrogens (primary N) is 1. The summed E-state index contributed by atoms with van der Waals surface area (Å²) in [6, 6.07) is 7.94. The van der Waals surface area contributed by atoms with Crippen molar-refractivity contribution in [2.24, 2.45) is 5.73 Å². The molecule has 0 fully saturated rings. The van der Waals surface area contributed by atoms with E-state index in [-0.39, 0.29) is 0 Å². The van der Waals surface area contributed by atoms with Crippen LogP contribution in [0.1, 0.15) is 22.8 Å². The molecule has 2 heterocycles. The lowest BCUT2D eigenvalue weighted by Crippen LogP contribution is -2.19. The highest BCUT2D eigenvalue weighted by atomic mass is 32.1. The van der Waals surface area contributed by atoms with Crippen molar-refractivity contribution in [2.45, 2.75) is 13.3 Å². The second-order valence-electron chi connectivity index (χ2n) is 6.33. The van der Waals surface area contributed by atoms with Crippen molar-refractivity contribution in [3.05, 3.63) is 41.6 Å². The van der Waals surface area contributed by atoms with Crippen molar-refractivity contribution in [1.29, 1.82) is 0 Å². The molecular formula is C19H23N5O2S. The minimum absolute atomic E-state index is 0.304. The van der Waals surface area contributed by atoms with Crippen LogP contribution in [-0.2, 0) is 6.42 Å². The summed E-state index contributed by atoms with van der Waals surface area (Å²) in [6.07, 6.45) is 2.35. The standard InChI is InChI=1S/C19H23N5O2S/c1-4-12-7-5-6-8-14(12)22-15-13(17(20)25)11-21-18-16(15)23-19(27-18)26-10-9-24(2)3/h5-8,11H,4,9-10H2,1-3H3,(H2,20,25)(H,21,22). The van der Waals surface area contributed by atoms with Crippen molar-refractivity contribution < 1.29 is 9.53 Å². The van der Waals surface area contributed by atoms with Crippen molar-refractivity contribution in [3.63, 3.8) is 0 Å². The fraction of sp³-hybridized carbons (Fsp3) is 0.316. The van der Waals surface area contributed by atoms with E-state index in [4.69, 9.17) is 10.5 Å². The van der Waals surface area contributed by atoms with Crippen LogP contribution in [0.15, 0.2) is 30.5 Å². The molecule has 0 radical (unpaired) electrons. The lowest BCUT2D eigenvalue weighted by Gasteiger charge is -2.13. The Kier molecular flexibility index (Phi) is 5.88. The predicted octanol–water partition coefficient (Wildman–Crippen LogP) is 3.04. The van der Waals surface area contributed by atoms with E-state index in [0.29, 0.717) is 33.4 Å². The molecule has 0 saturated heterocycles. The Morgan fingerprint density at radius 1 is 1.33 bits per heavy atom. The topological polar surface area (TPSA) is 93.4 Å². The Bertz CT molecular complexity index is 954. The van der Waals surface area contributed by atoms with Gasteiger partial charge in [-0.2, -0.15) is 4.98 Å². The SMILES string of the molecule is CCc1ccccc1Nc1c(C(N)=O)cnc2sc(OCCN(C)C)nc12. The number of rotatable bonds is 8. The average molecular weight is 385 g/mol. The summed E-state index contributed by atoms with van der Waals surface area (Å²) in [5.74, 6) is -0.552. The predicted molar refractivity (Wildman–Crippen MR) is 109 cm³/mol. The lowest BCUT2D eigenvalue weighted by atomic mass is 10.1. The maximum atomic E-state index is 11.9. The van der Waals surface area contributed by atoms with E-state index < -0.39 is 5.91 Å². The van der Waals surface area contributed by atoms with Crippen LogP contribution in [-0.4, -0.2) is 48.0 Å². The van der Waals surface area contributed by atoms with Gasteiger partial charge in [-0.05, 0) is 32.1 Å². The molecule has 3 rings (SSSR count). The number of nitrogens with zero attached hydrogens (tertiary/aromatic N) is 3. The van der Waals surface area contributed by atoms with E-state index >= 15 is 0 Å². The van der Waals surface area contributed by atoms with E-state index in [0.717, 1.165) is 24.2 Å². The first kappa shape index (κ1) is 19.1. The molecule has 0 aliphatic carbocycles. The van der Waals surface area contributed by atoms with Gasteiger partial charge >= 0.3 is 0 Å². The van der Waals surface area contributed by atoms with Crippen molar-refractivity contribution in [3.8, 4) is 5.19 Å². The number of pyridine rings is 1. The highest BCUT2D eigenvalue weighted by Gasteiger charge is 2.18. The largest absolute Gasteiger partial charge is 0.469 e. The number of ether oxygens (including phenoxy) is 1. The van der Waals surface area contributed by atoms with Crippen LogP contribution in [0.3, 0.4) is 0 Å². The summed E-state index contributed by atoms with van der Waals surface area (Å²) in [7, 11) is 3.96. The van der Waals surface area contributed by atoms with Crippen LogP contribution >= 0.6 is 11.3 Å². The molecule has 3 aromatic rings. The number of amides is 1. The summed E-state index contributed by atoms with van der Waals surface area (Å²) < 4.78 is 5.73. The molecule has 2 aromatic heterocycles. The van der Waals surface area contributed by atoms with Gasteiger partial charge in [-0.1, -0.05) is 36.5 Å². The summed E-state index contributed by atoms with van der Waals surface area (Å²) in [4.78, 5) is 23.6. The summed E-state index contributed by atoms with van der Waals surface area (Å²) in [6.45, 7) is 3.39. The molecule has 3 N–H and O–H groups in total. The van der Waals surface area contributed by atoms with Crippen molar-refractivity contribution in [1.82, 2.24) is 14.9 Å². The third kappa shape index (κ3) is 4.35. The third-order valence-corrected chi connectivity index (χ3v) is 4.97. The van der Waals surface area contributed by atoms with Gasteiger partial charge in [-0.25, -0.2) is 4.98 Å². The van der Waals surface area contributed by atoms with Gasteiger partial charge < -0.3 is 20.7 Å². The molecule has 27 heavy (non-hydrogen) atoms. The van der Waals surface area contributed by atoms with Crippen LogP contribution in [0.2, 0.25) is 0 Å². The summed E-state index contributed by atoms with van der Waals surface area (Å²) in [5, 5.41) is 3.86. The Morgan fingerprint density at radius 3 is 2.81 bits per heavy atom. The van der Waals surface area contributed by atoms with Gasteiger partial charge in [0.05, 0.1) is 11.3 Å². The zero-order valence-corrected chi connectivity index (χ0v) is 16.5. The highest BCUT2D eigenvalue weighted by Crippen LogP contribution is 2.35. The number of likely N-dealkylation sites (N-methyl/N-ethyl adjacent to an activating group) is 1. The molecule has 0 bridgehead atoms. The normalized spacial score (nSPS) is 11.1. The highest BCUT2D eigenvalue weighted by molar-refractivity contribution is 7.19. The number of carbonyl (C=O) groups is 1. The molecule has 0 atom stereocenters. The van der Waals surface area contributed by atoms with E-state index in [1.54, 1.807) is 0 Å². The minimum Gasteiger partial charge on any atom is -0.469 e. The zero-order valence-electron chi connectivity index (χ0n) is 15.7. The third-order valence-electron chi connectivity index (χ3n) is 4.09. The molecular weight excluding hydrogens is 362 g/mol. The van der Waals surface area contributed by atoms with Crippen LogP contribution in [0.5, 0.6) is 5.19 Å². The van der Waals surface area contributed by atoms with Crippen LogP contribution < -0.4 is 15.8 Å². The van der Waals surface area contributed by atoms with Crippen LogP contribution in [0.4, 0.5) is 11.4 Å². The molecule has 0 unspecified atom stereocenters. The van der Waals surface area contributed by atoms with E-state index in [1.165, 1.54) is 17.5 Å². The van der Waals surface area contributed by atoms with Gasteiger partial charge in [-0.3, -0.25) is 4.79 Å². The van der Waals surface area contributed by atoms with Crippen molar-refractivity contribution >= 4 is 39.0 Å². The fourth-order valence-corrected chi connectivity index (χ4v) is 3.43. The number of anilines is 2. The number of benzene rings is 1. The first-order valence-electron chi connectivity index (χ1n) is 8.71. The summed E-state index contributed by atoms with van der Waals surface area (Å²) in [5.41, 5.74) is 9.07. The van der Waals surface area contributed by atoms with E-state index in [1.807, 2.05) is 43.3 Å². The van der Waals surface area contributed by atoms with Gasteiger partial charge in [0, 0.05) is 18.4 Å². The number of carbonyl (C=O) groups excluding carboxylic acids is 1. The maximum Gasteiger partial charge on any atom is 0.275 e. The van der Waals surface area contributed by atoms with Crippen molar-refractivity contribution in [2.75, 3.05) is 32.6 Å². The quantitative estimate of drug-likeness (QED) is 0.619. The Morgan fingerprint density at radius 2 is 2.11 bits per heavy atom. The van der Waals surface area contributed by atoms with Crippen LogP contribution in [0, 0.1) is 0 Å². The van der Waals surface area contributed by atoms with E-state index in [9.17, 15) is 4.79 Å².